The first-order chi connectivity index (χ1) is 13.0. The first-order valence-corrected chi connectivity index (χ1v) is 8.95. The van der Waals surface area contributed by atoms with E-state index in [2.05, 4.69) is 10.3 Å². The van der Waals surface area contributed by atoms with Crippen LogP contribution in [0.5, 0.6) is 0 Å². The fourth-order valence-corrected chi connectivity index (χ4v) is 3.65. The van der Waals surface area contributed by atoms with Gasteiger partial charge in [0.2, 0.25) is 5.91 Å². The number of rotatable bonds is 3. The molecule has 1 atom stereocenters. The van der Waals surface area contributed by atoms with E-state index in [1.165, 1.54) is 12.1 Å². The van der Waals surface area contributed by atoms with Crippen molar-refractivity contribution < 1.29 is 14.0 Å². The van der Waals surface area contributed by atoms with Crippen LogP contribution in [0, 0.1) is 12.7 Å². The highest BCUT2D eigenvalue weighted by molar-refractivity contribution is 6.03. The Morgan fingerprint density at radius 2 is 2.00 bits per heavy atom. The predicted octanol–water partition coefficient (Wildman–Crippen LogP) is 2.80. The van der Waals surface area contributed by atoms with Gasteiger partial charge in [-0.1, -0.05) is 30.3 Å². The molecule has 5 nitrogen and oxygen atoms in total. The molecular weight excluding hydrogens is 345 g/mol. The van der Waals surface area contributed by atoms with E-state index in [4.69, 9.17) is 0 Å². The minimum atomic E-state index is -0.573. The number of hydrogen-bond acceptors (Lipinski definition) is 2. The summed E-state index contributed by atoms with van der Waals surface area (Å²) in [7, 11) is 0. The molecule has 0 saturated carbocycles. The molecule has 2 amide bonds. The maximum atomic E-state index is 13.6. The van der Waals surface area contributed by atoms with Gasteiger partial charge in [0.05, 0.1) is 0 Å². The van der Waals surface area contributed by atoms with Crippen LogP contribution in [0.15, 0.2) is 48.5 Å². The number of nitrogens with zero attached hydrogens (tertiary/aromatic N) is 1. The van der Waals surface area contributed by atoms with Crippen molar-refractivity contribution in [2.75, 3.05) is 13.1 Å². The van der Waals surface area contributed by atoms with Crippen LogP contribution in [0.2, 0.25) is 0 Å². The molecule has 1 aliphatic rings. The van der Waals surface area contributed by atoms with Gasteiger partial charge in [-0.15, -0.1) is 0 Å². The summed E-state index contributed by atoms with van der Waals surface area (Å²) in [5.41, 5.74) is 2.80. The zero-order valence-corrected chi connectivity index (χ0v) is 15.0. The minimum Gasteiger partial charge on any atom is -0.353 e. The quantitative estimate of drug-likeness (QED) is 0.750. The number of amides is 2. The van der Waals surface area contributed by atoms with Crippen LogP contribution in [-0.2, 0) is 11.2 Å². The second kappa shape index (κ2) is 6.87. The lowest BCUT2D eigenvalue weighted by Crippen LogP contribution is -2.58. The van der Waals surface area contributed by atoms with E-state index in [9.17, 15) is 14.0 Å². The van der Waals surface area contributed by atoms with Crippen molar-refractivity contribution in [3.63, 3.8) is 0 Å². The van der Waals surface area contributed by atoms with Crippen LogP contribution >= 0.6 is 0 Å². The molecule has 1 aliphatic heterocycles. The molecule has 2 heterocycles. The van der Waals surface area contributed by atoms with Crippen LogP contribution in [-0.4, -0.2) is 40.8 Å². The van der Waals surface area contributed by atoms with Gasteiger partial charge in [0.1, 0.15) is 17.6 Å². The molecular formula is C21H20FN3O2. The first kappa shape index (κ1) is 17.3. The molecule has 4 rings (SSSR count). The van der Waals surface area contributed by atoms with E-state index in [1.54, 1.807) is 17.9 Å². The van der Waals surface area contributed by atoms with E-state index in [1.807, 2.05) is 30.3 Å². The molecule has 1 aromatic heterocycles. The topological polar surface area (TPSA) is 65.2 Å². The number of carbonyl (C=O) groups excluding carboxylic acids is 2. The van der Waals surface area contributed by atoms with E-state index >= 15 is 0 Å². The zero-order valence-electron chi connectivity index (χ0n) is 15.0. The number of halogens is 1. The van der Waals surface area contributed by atoms with Crippen molar-refractivity contribution in [1.82, 2.24) is 15.2 Å². The average molecular weight is 365 g/mol. The Balaban J connectivity index is 1.68. The number of nitrogens with one attached hydrogen (secondary N) is 2. The van der Waals surface area contributed by atoms with Crippen molar-refractivity contribution in [3.05, 3.63) is 71.2 Å². The Kier molecular flexibility index (Phi) is 4.39. The van der Waals surface area contributed by atoms with Crippen LogP contribution < -0.4 is 5.32 Å². The molecule has 1 fully saturated rings. The standard InChI is InChI=1S/C21H20FN3O2/c1-13-16-12-15(22)7-8-17(16)24-19(13)21(27)25-10-9-23-20(26)18(25)11-14-5-3-2-4-6-14/h2-8,12,18,24H,9-11H2,1H3,(H,23,26)/t18-/m1/s1. The Bertz CT molecular complexity index is 1010. The Morgan fingerprint density at radius 1 is 1.22 bits per heavy atom. The largest absolute Gasteiger partial charge is 0.353 e. The minimum absolute atomic E-state index is 0.154. The van der Waals surface area contributed by atoms with E-state index in [0.717, 1.165) is 5.56 Å². The molecule has 2 N–H and O–H groups in total. The van der Waals surface area contributed by atoms with Gasteiger partial charge in [0.15, 0.2) is 0 Å². The molecule has 0 aliphatic carbocycles. The Hall–Kier alpha value is -3.15. The summed E-state index contributed by atoms with van der Waals surface area (Å²) in [4.78, 5) is 30.4. The number of H-pyrrole nitrogens is 1. The number of aryl methyl sites for hydroxylation is 1. The van der Waals surface area contributed by atoms with Gasteiger partial charge in [-0.2, -0.15) is 0 Å². The maximum Gasteiger partial charge on any atom is 0.271 e. The summed E-state index contributed by atoms with van der Waals surface area (Å²) >= 11 is 0. The van der Waals surface area contributed by atoms with Crippen molar-refractivity contribution in [3.8, 4) is 0 Å². The van der Waals surface area contributed by atoms with Gasteiger partial charge in [-0.05, 0) is 36.2 Å². The van der Waals surface area contributed by atoms with E-state index < -0.39 is 6.04 Å². The fourth-order valence-electron chi connectivity index (χ4n) is 3.65. The second-order valence-electron chi connectivity index (χ2n) is 6.81. The number of hydrogen-bond donors (Lipinski definition) is 2. The number of carbonyl (C=O) groups is 2. The molecule has 27 heavy (non-hydrogen) atoms. The predicted molar refractivity (Wildman–Crippen MR) is 101 cm³/mol. The molecule has 138 valence electrons. The molecule has 6 heteroatoms. The van der Waals surface area contributed by atoms with E-state index in [-0.39, 0.29) is 17.6 Å². The first-order valence-electron chi connectivity index (χ1n) is 8.95. The Labute approximate surface area is 156 Å². The molecule has 0 unspecified atom stereocenters. The summed E-state index contributed by atoms with van der Waals surface area (Å²) in [6.07, 6.45) is 0.451. The van der Waals surface area contributed by atoms with Crippen LogP contribution in [0.4, 0.5) is 4.39 Å². The molecule has 3 aromatic rings. The smallest absolute Gasteiger partial charge is 0.271 e. The van der Waals surface area contributed by atoms with Gasteiger partial charge in [0, 0.05) is 30.4 Å². The van der Waals surface area contributed by atoms with E-state index in [0.29, 0.717) is 41.7 Å². The third kappa shape index (κ3) is 3.18. The molecule has 0 radical (unpaired) electrons. The summed E-state index contributed by atoms with van der Waals surface area (Å²) in [5, 5.41) is 3.52. The van der Waals surface area contributed by atoms with Gasteiger partial charge in [-0.3, -0.25) is 9.59 Å². The fraction of sp³-hybridized carbons (Fsp3) is 0.238. The van der Waals surface area contributed by atoms with Crippen LogP contribution in [0.1, 0.15) is 21.6 Å². The number of benzene rings is 2. The highest BCUT2D eigenvalue weighted by Crippen LogP contribution is 2.25. The van der Waals surface area contributed by atoms with Crippen molar-refractivity contribution in [1.29, 1.82) is 0 Å². The third-order valence-corrected chi connectivity index (χ3v) is 5.10. The van der Waals surface area contributed by atoms with Gasteiger partial charge >= 0.3 is 0 Å². The summed E-state index contributed by atoms with van der Waals surface area (Å²) in [6, 6.07) is 13.5. The van der Waals surface area contributed by atoms with Crippen molar-refractivity contribution in [2.24, 2.45) is 0 Å². The van der Waals surface area contributed by atoms with Crippen LogP contribution in [0.3, 0.4) is 0 Å². The average Bonchev–Trinajstić information content (AvgIpc) is 3.00. The highest BCUT2D eigenvalue weighted by Gasteiger charge is 2.34. The summed E-state index contributed by atoms with van der Waals surface area (Å²) < 4.78 is 13.6. The second-order valence-corrected chi connectivity index (χ2v) is 6.81. The van der Waals surface area contributed by atoms with Crippen molar-refractivity contribution >= 4 is 22.7 Å². The summed E-state index contributed by atoms with van der Waals surface area (Å²) in [5.74, 6) is -0.735. The van der Waals surface area contributed by atoms with Gasteiger partial charge in [0.25, 0.3) is 5.91 Å². The SMILES string of the molecule is Cc1c(C(=O)N2CCNC(=O)[C@H]2Cc2ccccc2)[nH]c2ccc(F)cc12. The lowest BCUT2D eigenvalue weighted by Gasteiger charge is -2.35. The normalized spacial score (nSPS) is 17.2. The molecule has 0 spiro atoms. The highest BCUT2D eigenvalue weighted by atomic mass is 19.1. The Morgan fingerprint density at radius 3 is 2.78 bits per heavy atom. The van der Waals surface area contributed by atoms with Crippen LogP contribution in [0.25, 0.3) is 10.9 Å². The number of fused-ring (bicyclic) bond motifs is 1. The summed E-state index contributed by atoms with van der Waals surface area (Å²) in [6.45, 7) is 2.65. The monoisotopic (exact) mass is 365 g/mol. The van der Waals surface area contributed by atoms with Gasteiger partial charge < -0.3 is 15.2 Å². The zero-order chi connectivity index (χ0) is 19.0. The maximum absolute atomic E-state index is 13.6. The molecule has 2 aromatic carbocycles. The molecule has 0 bridgehead atoms. The molecule has 1 saturated heterocycles. The number of piperazine rings is 1. The van der Waals surface area contributed by atoms with Crippen molar-refractivity contribution in [2.45, 2.75) is 19.4 Å². The third-order valence-electron chi connectivity index (χ3n) is 5.10. The number of aromatic amines is 1. The lowest BCUT2D eigenvalue weighted by molar-refractivity contribution is -0.127. The van der Waals surface area contributed by atoms with Gasteiger partial charge in [-0.25, -0.2) is 4.39 Å². The lowest BCUT2D eigenvalue weighted by atomic mass is 10.0. The number of aromatic nitrogens is 1.